The first-order chi connectivity index (χ1) is 5.14. The van der Waals surface area contributed by atoms with Crippen LogP contribution in [0.25, 0.3) is 0 Å². The van der Waals surface area contributed by atoms with Gasteiger partial charge in [0.05, 0.1) is 18.3 Å². The molecule has 1 atom stereocenters. The Morgan fingerprint density at radius 3 is 2.91 bits per heavy atom. The van der Waals surface area contributed by atoms with Crippen molar-refractivity contribution in [1.29, 1.82) is 0 Å². The summed E-state index contributed by atoms with van der Waals surface area (Å²) < 4.78 is 10.8. The highest BCUT2D eigenvalue weighted by molar-refractivity contribution is 7.78. The number of thiocarbonyl (C=S) groups is 1. The van der Waals surface area contributed by atoms with E-state index in [0.29, 0.717) is 13.2 Å². The van der Waals surface area contributed by atoms with Crippen LogP contribution in [-0.2, 0) is 9.47 Å². The van der Waals surface area contributed by atoms with Crippen molar-refractivity contribution < 1.29 is 9.47 Å². The van der Waals surface area contributed by atoms with E-state index < -0.39 is 5.79 Å². The Labute approximate surface area is 71.4 Å². The second-order valence-corrected chi connectivity index (χ2v) is 3.07. The minimum atomic E-state index is -0.457. The third-order valence-electron chi connectivity index (χ3n) is 1.43. The van der Waals surface area contributed by atoms with Crippen LogP contribution in [0.3, 0.4) is 0 Å². The first-order valence-corrected chi connectivity index (χ1v) is 3.90. The summed E-state index contributed by atoms with van der Waals surface area (Å²) in [6.45, 7) is 4.91. The number of isothiocyanates is 1. The van der Waals surface area contributed by atoms with E-state index in [0.717, 1.165) is 0 Å². The molecule has 1 saturated heterocycles. The molecule has 1 fully saturated rings. The van der Waals surface area contributed by atoms with Gasteiger partial charge in [0, 0.05) is 0 Å². The van der Waals surface area contributed by atoms with Crippen molar-refractivity contribution in [2.45, 2.75) is 25.7 Å². The zero-order valence-electron chi connectivity index (χ0n) is 6.66. The molecule has 0 bridgehead atoms. The Morgan fingerprint density at radius 1 is 1.73 bits per heavy atom. The zero-order chi connectivity index (χ0) is 8.32. The van der Waals surface area contributed by atoms with Gasteiger partial charge in [0.2, 0.25) is 0 Å². The minimum absolute atomic E-state index is 0.0421. The Hall–Kier alpha value is -0.280. The van der Waals surface area contributed by atoms with Gasteiger partial charge in [-0.2, -0.15) is 0 Å². The largest absolute Gasteiger partial charge is 0.348 e. The maximum atomic E-state index is 5.45. The minimum Gasteiger partial charge on any atom is -0.348 e. The van der Waals surface area contributed by atoms with Crippen LogP contribution < -0.4 is 0 Å². The lowest BCUT2D eigenvalue weighted by Gasteiger charge is -2.15. The van der Waals surface area contributed by atoms with E-state index in [-0.39, 0.29) is 6.10 Å². The van der Waals surface area contributed by atoms with Gasteiger partial charge in [-0.25, -0.2) is 4.99 Å². The Kier molecular flexibility index (Phi) is 2.73. The molecule has 11 heavy (non-hydrogen) atoms. The summed E-state index contributed by atoms with van der Waals surface area (Å²) in [5.74, 6) is -0.457. The summed E-state index contributed by atoms with van der Waals surface area (Å²) in [4.78, 5) is 3.78. The van der Waals surface area contributed by atoms with Crippen molar-refractivity contribution in [3.8, 4) is 0 Å². The third-order valence-corrected chi connectivity index (χ3v) is 1.56. The van der Waals surface area contributed by atoms with E-state index in [1.54, 1.807) is 0 Å². The van der Waals surface area contributed by atoms with Crippen LogP contribution >= 0.6 is 12.2 Å². The lowest BCUT2D eigenvalue weighted by molar-refractivity contribution is -0.137. The molecule has 1 unspecified atom stereocenters. The first-order valence-electron chi connectivity index (χ1n) is 3.49. The number of hydrogen-bond acceptors (Lipinski definition) is 4. The average Bonchev–Trinajstić information content (AvgIpc) is 2.26. The fourth-order valence-corrected chi connectivity index (χ4v) is 1.07. The standard InChI is InChI=1S/C7H11NO2S/c1-7(2)9-4-6(10-7)3-8-5-11/h6H,3-4H2,1-2H3. The highest BCUT2D eigenvalue weighted by Gasteiger charge is 2.32. The van der Waals surface area contributed by atoms with E-state index >= 15 is 0 Å². The molecular formula is C7H11NO2S. The van der Waals surface area contributed by atoms with Crippen LogP contribution in [0, 0.1) is 0 Å². The SMILES string of the molecule is CC1(C)OCC(CN=C=S)O1. The summed E-state index contributed by atoms with van der Waals surface area (Å²) in [6.07, 6.45) is 0.0421. The van der Waals surface area contributed by atoms with Crippen LogP contribution in [0.2, 0.25) is 0 Å². The third kappa shape index (κ3) is 2.67. The molecule has 0 spiro atoms. The first kappa shape index (κ1) is 8.81. The molecule has 1 rings (SSSR count). The predicted octanol–water partition coefficient (Wildman–Crippen LogP) is 1.24. The number of nitrogens with zero attached hydrogens (tertiary/aromatic N) is 1. The van der Waals surface area contributed by atoms with Crippen LogP contribution in [-0.4, -0.2) is 30.2 Å². The molecule has 0 aromatic heterocycles. The zero-order valence-corrected chi connectivity index (χ0v) is 7.48. The topological polar surface area (TPSA) is 30.8 Å². The highest BCUT2D eigenvalue weighted by Crippen LogP contribution is 2.21. The molecule has 62 valence electrons. The van der Waals surface area contributed by atoms with Crippen LogP contribution in [0.15, 0.2) is 4.99 Å². The number of rotatable bonds is 2. The lowest BCUT2D eigenvalue weighted by Crippen LogP contribution is -2.22. The van der Waals surface area contributed by atoms with Crippen LogP contribution in [0.4, 0.5) is 0 Å². The molecule has 1 aliphatic heterocycles. The fourth-order valence-electron chi connectivity index (χ4n) is 0.992. The molecule has 0 aliphatic carbocycles. The molecule has 1 aliphatic rings. The van der Waals surface area contributed by atoms with Gasteiger partial charge in [-0.3, -0.25) is 0 Å². The van der Waals surface area contributed by atoms with E-state index in [1.165, 1.54) is 0 Å². The normalized spacial score (nSPS) is 28.0. The van der Waals surface area contributed by atoms with E-state index in [4.69, 9.17) is 9.47 Å². The van der Waals surface area contributed by atoms with Crippen molar-refractivity contribution in [1.82, 2.24) is 0 Å². The van der Waals surface area contributed by atoms with Gasteiger partial charge in [0.1, 0.15) is 6.10 Å². The molecule has 0 N–H and O–H groups in total. The Balaban J connectivity index is 2.36. The quantitative estimate of drug-likeness (QED) is 0.465. The molecule has 0 aromatic carbocycles. The molecular weight excluding hydrogens is 162 g/mol. The van der Waals surface area contributed by atoms with Crippen molar-refractivity contribution in [3.05, 3.63) is 0 Å². The van der Waals surface area contributed by atoms with Gasteiger partial charge < -0.3 is 9.47 Å². The maximum absolute atomic E-state index is 5.45. The molecule has 0 aromatic rings. The molecule has 0 radical (unpaired) electrons. The van der Waals surface area contributed by atoms with Crippen molar-refractivity contribution in [3.63, 3.8) is 0 Å². The number of aliphatic imine (C=N–C) groups is 1. The predicted molar refractivity (Wildman–Crippen MR) is 44.8 cm³/mol. The van der Waals surface area contributed by atoms with Crippen molar-refractivity contribution >= 4 is 17.4 Å². The highest BCUT2D eigenvalue weighted by atomic mass is 32.1. The smallest absolute Gasteiger partial charge is 0.163 e. The summed E-state index contributed by atoms with van der Waals surface area (Å²) >= 11 is 4.43. The van der Waals surface area contributed by atoms with Crippen LogP contribution in [0.5, 0.6) is 0 Å². The summed E-state index contributed by atoms with van der Waals surface area (Å²) in [7, 11) is 0. The van der Waals surface area contributed by atoms with Crippen molar-refractivity contribution in [2.75, 3.05) is 13.2 Å². The Morgan fingerprint density at radius 2 is 2.45 bits per heavy atom. The number of ether oxygens (including phenoxy) is 2. The van der Waals surface area contributed by atoms with Crippen molar-refractivity contribution in [2.24, 2.45) is 4.99 Å². The molecule has 0 amide bonds. The van der Waals surface area contributed by atoms with Gasteiger partial charge in [-0.1, -0.05) is 0 Å². The molecule has 1 heterocycles. The van der Waals surface area contributed by atoms with Gasteiger partial charge in [-0.15, -0.1) is 0 Å². The van der Waals surface area contributed by atoms with Gasteiger partial charge >= 0.3 is 0 Å². The Bertz CT molecular complexity index is 187. The summed E-state index contributed by atoms with van der Waals surface area (Å²) in [5, 5.41) is 2.29. The van der Waals surface area contributed by atoms with E-state index in [9.17, 15) is 0 Å². The lowest BCUT2D eigenvalue weighted by atomic mass is 10.4. The average molecular weight is 173 g/mol. The van der Waals surface area contributed by atoms with E-state index in [2.05, 4.69) is 22.4 Å². The monoisotopic (exact) mass is 173 g/mol. The van der Waals surface area contributed by atoms with Gasteiger partial charge in [0.25, 0.3) is 0 Å². The molecule has 3 nitrogen and oxygen atoms in total. The van der Waals surface area contributed by atoms with Gasteiger partial charge in [0.15, 0.2) is 5.79 Å². The van der Waals surface area contributed by atoms with Gasteiger partial charge in [-0.05, 0) is 26.1 Å². The summed E-state index contributed by atoms with van der Waals surface area (Å²) in [5.41, 5.74) is 0. The second-order valence-electron chi connectivity index (χ2n) is 2.88. The van der Waals surface area contributed by atoms with E-state index in [1.807, 2.05) is 13.8 Å². The molecule has 4 heteroatoms. The fraction of sp³-hybridized carbons (Fsp3) is 0.857. The number of hydrogen-bond donors (Lipinski definition) is 0. The molecule has 0 saturated carbocycles. The van der Waals surface area contributed by atoms with Crippen LogP contribution in [0.1, 0.15) is 13.8 Å². The second kappa shape index (κ2) is 3.41. The maximum Gasteiger partial charge on any atom is 0.163 e. The summed E-state index contributed by atoms with van der Waals surface area (Å²) in [6, 6.07) is 0.